The Labute approximate surface area is 81.3 Å². The first kappa shape index (κ1) is 10.2. The summed E-state index contributed by atoms with van der Waals surface area (Å²) in [6.07, 6.45) is 4.48. The number of hydrogen-bond acceptors (Lipinski definition) is 3. The number of terminal acetylenes is 1. The number of aliphatic hydroxyl groups is 1. The Bertz CT molecular complexity index is 364. The van der Waals surface area contributed by atoms with E-state index >= 15 is 0 Å². The second-order valence-corrected chi connectivity index (χ2v) is 2.77. The van der Waals surface area contributed by atoms with Gasteiger partial charge in [-0.25, -0.2) is 0 Å². The minimum absolute atomic E-state index is 0.00153. The third-order valence-electron chi connectivity index (χ3n) is 1.80. The van der Waals surface area contributed by atoms with Crippen LogP contribution in [0, 0.1) is 22.5 Å². The minimum atomic E-state index is -0.749. The van der Waals surface area contributed by atoms with Crippen molar-refractivity contribution in [3.05, 3.63) is 39.9 Å². The van der Waals surface area contributed by atoms with Crippen molar-refractivity contribution < 1.29 is 10.0 Å². The van der Waals surface area contributed by atoms with Crippen molar-refractivity contribution in [1.82, 2.24) is 0 Å². The van der Waals surface area contributed by atoms with Crippen molar-refractivity contribution in [2.24, 2.45) is 0 Å². The highest BCUT2D eigenvalue weighted by molar-refractivity contribution is 5.33. The summed E-state index contributed by atoms with van der Waals surface area (Å²) in [6.45, 7) is 0. The van der Waals surface area contributed by atoms with Crippen LogP contribution in [0.3, 0.4) is 0 Å². The normalized spacial score (nSPS) is 11.7. The summed E-state index contributed by atoms with van der Waals surface area (Å²) in [4.78, 5) is 9.83. The molecule has 0 aromatic heterocycles. The Hall–Kier alpha value is -1.86. The van der Waals surface area contributed by atoms with Crippen LogP contribution in [-0.4, -0.2) is 10.0 Å². The zero-order valence-corrected chi connectivity index (χ0v) is 7.38. The molecular formula is C10H9NO3. The molecule has 0 aliphatic carbocycles. The molecule has 4 nitrogen and oxygen atoms in total. The molecule has 0 aliphatic heterocycles. The fourth-order valence-corrected chi connectivity index (χ4v) is 1.05. The number of benzene rings is 1. The van der Waals surface area contributed by atoms with Gasteiger partial charge in [-0.2, -0.15) is 0 Å². The minimum Gasteiger partial charge on any atom is -0.387 e. The van der Waals surface area contributed by atoms with Crippen LogP contribution in [-0.2, 0) is 0 Å². The lowest BCUT2D eigenvalue weighted by molar-refractivity contribution is -0.384. The molecule has 0 spiro atoms. The maximum atomic E-state index is 10.3. The highest BCUT2D eigenvalue weighted by Gasteiger charge is 2.08. The highest BCUT2D eigenvalue weighted by Crippen LogP contribution is 2.19. The van der Waals surface area contributed by atoms with Crippen molar-refractivity contribution in [3.63, 3.8) is 0 Å². The van der Waals surface area contributed by atoms with E-state index in [-0.39, 0.29) is 12.1 Å². The fraction of sp³-hybridized carbons (Fsp3) is 0.200. The number of rotatable bonds is 3. The standard InChI is InChI=1S/C10H9NO3/c1-2-3-10(12)8-4-6-9(7-5-8)11(13)14/h1,4-7,10,12H,3H2/t10-/m1/s1. The number of aliphatic hydroxyl groups excluding tert-OH is 1. The van der Waals surface area contributed by atoms with Gasteiger partial charge in [0.25, 0.3) is 5.69 Å². The number of nitro groups is 1. The zero-order valence-electron chi connectivity index (χ0n) is 7.38. The Morgan fingerprint density at radius 1 is 1.50 bits per heavy atom. The number of non-ortho nitro benzene ring substituents is 1. The largest absolute Gasteiger partial charge is 0.387 e. The molecule has 0 aliphatic rings. The molecule has 1 aromatic rings. The summed E-state index contributed by atoms with van der Waals surface area (Å²) >= 11 is 0. The molecule has 1 rings (SSSR count). The molecule has 4 heteroatoms. The van der Waals surface area contributed by atoms with Crippen LogP contribution in [0.5, 0.6) is 0 Å². The van der Waals surface area contributed by atoms with Gasteiger partial charge in [-0.3, -0.25) is 10.1 Å². The Morgan fingerprint density at radius 3 is 2.50 bits per heavy atom. The summed E-state index contributed by atoms with van der Waals surface area (Å²) in [6, 6.07) is 5.68. The van der Waals surface area contributed by atoms with E-state index in [4.69, 9.17) is 6.42 Å². The maximum absolute atomic E-state index is 10.3. The first-order chi connectivity index (χ1) is 6.65. The molecule has 0 heterocycles. The van der Waals surface area contributed by atoms with Crippen LogP contribution in [0.1, 0.15) is 18.1 Å². The van der Waals surface area contributed by atoms with Crippen LogP contribution >= 0.6 is 0 Å². The van der Waals surface area contributed by atoms with Gasteiger partial charge in [0.05, 0.1) is 11.0 Å². The first-order valence-electron chi connectivity index (χ1n) is 4.01. The summed E-state index contributed by atoms with van der Waals surface area (Å²) in [7, 11) is 0. The van der Waals surface area contributed by atoms with E-state index in [1.165, 1.54) is 24.3 Å². The first-order valence-corrected chi connectivity index (χ1v) is 4.01. The Kier molecular flexibility index (Phi) is 3.21. The molecule has 0 saturated heterocycles. The van der Waals surface area contributed by atoms with E-state index in [9.17, 15) is 15.2 Å². The van der Waals surface area contributed by atoms with Crippen molar-refractivity contribution in [2.45, 2.75) is 12.5 Å². The summed E-state index contributed by atoms with van der Waals surface area (Å²) in [5.74, 6) is 2.32. The second-order valence-electron chi connectivity index (χ2n) is 2.77. The second kappa shape index (κ2) is 4.40. The van der Waals surface area contributed by atoms with E-state index in [0.717, 1.165) is 0 Å². The topological polar surface area (TPSA) is 63.4 Å². The molecule has 0 unspecified atom stereocenters. The number of nitro benzene ring substituents is 1. The average molecular weight is 191 g/mol. The molecule has 0 saturated carbocycles. The molecule has 0 bridgehead atoms. The molecule has 14 heavy (non-hydrogen) atoms. The molecule has 0 fully saturated rings. The molecule has 0 radical (unpaired) electrons. The van der Waals surface area contributed by atoms with Gasteiger partial charge in [0.1, 0.15) is 0 Å². The van der Waals surface area contributed by atoms with Crippen molar-refractivity contribution in [2.75, 3.05) is 0 Å². The van der Waals surface area contributed by atoms with Gasteiger partial charge < -0.3 is 5.11 Å². The monoisotopic (exact) mass is 191 g/mol. The van der Waals surface area contributed by atoms with Gasteiger partial charge in [0.2, 0.25) is 0 Å². The van der Waals surface area contributed by atoms with Gasteiger partial charge in [-0.1, -0.05) is 0 Å². The van der Waals surface area contributed by atoms with E-state index in [1.54, 1.807) is 0 Å². The van der Waals surface area contributed by atoms with Crippen molar-refractivity contribution in [3.8, 4) is 12.3 Å². The Morgan fingerprint density at radius 2 is 2.07 bits per heavy atom. The molecular weight excluding hydrogens is 182 g/mol. The van der Waals surface area contributed by atoms with Crippen LogP contribution < -0.4 is 0 Å². The van der Waals surface area contributed by atoms with Crippen LogP contribution in [0.4, 0.5) is 5.69 Å². The predicted octanol–water partition coefficient (Wildman–Crippen LogP) is 1.65. The number of hydrogen-bond donors (Lipinski definition) is 1. The lowest BCUT2D eigenvalue weighted by atomic mass is 10.1. The fourth-order valence-electron chi connectivity index (χ4n) is 1.05. The molecule has 1 atom stereocenters. The summed E-state index contributed by atoms with van der Waals surface area (Å²) in [5.41, 5.74) is 0.593. The van der Waals surface area contributed by atoms with Crippen molar-refractivity contribution in [1.29, 1.82) is 0 Å². The zero-order chi connectivity index (χ0) is 10.6. The van der Waals surface area contributed by atoms with Gasteiger partial charge in [-0.05, 0) is 17.7 Å². The quantitative estimate of drug-likeness (QED) is 0.449. The molecule has 72 valence electrons. The smallest absolute Gasteiger partial charge is 0.269 e. The average Bonchev–Trinajstić information content (AvgIpc) is 2.18. The Balaban J connectivity index is 2.84. The van der Waals surface area contributed by atoms with E-state index in [1.807, 2.05) is 0 Å². The van der Waals surface area contributed by atoms with Crippen molar-refractivity contribution >= 4 is 5.69 Å². The van der Waals surface area contributed by atoms with E-state index in [2.05, 4.69) is 5.92 Å². The molecule has 0 amide bonds. The predicted molar refractivity (Wildman–Crippen MR) is 51.5 cm³/mol. The van der Waals surface area contributed by atoms with Gasteiger partial charge in [-0.15, -0.1) is 12.3 Å². The maximum Gasteiger partial charge on any atom is 0.269 e. The van der Waals surface area contributed by atoms with Crippen LogP contribution in [0.15, 0.2) is 24.3 Å². The van der Waals surface area contributed by atoms with Gasteiger partial charge in [0, 0.05) is 18.6 Å². The van der Waals surface area contributed by atoms with E-state index in [0.29, 0.717) is 5.56 Å². The third-order valence-corrected chi connectivity index (χ3v) is 1.80. The summed E-state index contributed by atoms with van der Waals surface area (Å²) in [5, 5.41) is 19.8. The number of nitrogens with zero attached hydrogens (tertiary/aromatic N) is 1. The van der Waals surface area contributed by atoms with Gasteiger partial charge >= 0.3 is 0 Å². The summed E-state index contributed by atoms with van der Waals surface area (Å²) < 4.78 is 0. The van der Waals surface area contributed by atoms with Crippen LogP contribution in [0.25, 0.3) is 0 Å². The van der Waals surface area contributed by atoms with Crippen LogP contribution in [0.2, 0.25) is 0 Å². The van der Waals surface area contributed by atoms with E-state index < -0.39 is 11.0 Å². The lowest BCUT2D eigenvalue weighted by Crippen LogP contribution is -1.96. The molecule has 1 N–H and O–H groups in total. The lowest BCUT2D eigenvalue weighted by Gasteiger charge is -2.05. The third kappa shape index (κ3) is 2.31. The molecule has 1 aromatic carbocycles. The highest BCUT2D eigenvalue weighted by atomic mass is 16.6. The SMILES string of the molecule is C#CC[C@@H](O)c1ccc([N+](=O)[O-])cc1. The van der Waals surface area contributed by atoms with Gasteiger partial charge in [0.15, 0.2) is 0 Å².